The Hall–Kier alpha value is -2.18. The first-order valence-corrected chi connectivity index (χ1v) is 10.6. The van der Waals surface area contributed by atoms with Gasteiger partial charge < -0.3 is 5.32 Å². The fraction of sp³-hybridized carbons (Fsp3) is 0.381. The van der Waals surface area contributed by atoms with E-state index in [-0.39, 0.29) is 10.8 Å². The Morgan fingerprint density at radius 3 is 2.07 bits per heavy atom. The van der Waals surface area contributed by atoms with Crippen molar-refractivity contribution >= 4 is 21.6 Å². The molecule has 0 heterocycles. The first kappa shape index (κ1) is 21.1. The summed E-state index contributed by atoms with van der Waals surface area (Å²) in [6, 6.07) is 10.0. The molecule has 0 aliphatic heterocycles. The Balaban J connectivity index is 2.12. The van der Waals surface area contributed by atoms with E-state index < -0.39 is 10.0 Å². The number of amides is 1. The molecule has 1 amide bonds. The van der Waals surface area contributed by atoms with Crippen LogP contribution < -0.4 is 10.0 Å². The van der Waals surface area contributed by atoms with E-state index in [0.29, 0.717) is 18.0 Å². The summed E-state index contributed by atoms with van der Waals surface area (Å²) >= 11 is 0. The summed E-state index contributed by atoms with van der Waals surface area (Å²) in [7, 11) is -3.56. The third kappa shape index (κ3) is 5.65. The van der Waals surface area contributed by atoms with Gasteiger partial charge in [0.25, 0.3) is 5.91 Å². The van der Waals surface area contributed by atoms with Crippen molar-refractivity contribution in [2.24, 2.45) is 5.92 Å². The molecule has 0 radical (unpaired) electrons. The van der Waals surface area contributed by atoms with E-state index in [1.165, 1.54) is 24.3 Å². The van der Waals surface area contributed by atoms with E-state index >= 15 is 0 Å². The maximum Gasteiger partial charge on any atom is 0.255 e. The van der Waals surface area contributed by atoms with Crippen LogP contribution in [0.15, 0.2) is 41.3 Å². The van der Waals surface area contributed by atoms with Crippen molar-refractivity contribution in [3.05, 3.63) is 58.7 Å². The third-order valence-corrected chi connectivity index (χ3v) is 5.83. The smallest absolute Gasteiger partial charge is 0.255 e. The van der Waals surface area contributed by atoms with Crippen molar-refractivity contribution in [1.29, 1.82) is 0 Å². The number of sulfonamides is 1. The second-order valence-corrected chi connectivity index (χ2v) is 9.10. The Bertz CT molecular complexity index is 894. The second-order valence-electron chi connectivity index (χ2n) is 7.33. The lowest BCUT2D eigenvalue weighted by Gasteiger charge is -2.13. The minimum atomic E-state index is -3.56. The predicted molar refractivity (Wildman–Crippen MR) is 110 cm³/mol. The predicted octanol–water partition coefficient (Wildman–Crippen LogP) is 4.19. The largest absolute Gasteiger partial charge is 0.322 e. The molecule has 2 rings (SSSR count). The van der Waals surface area contributed by atoms with Gasteiger partial charge in [-0.1, -0.05) is 31.5 Å². The third-order valence-electron chi connectivity index (χ3n) is 4.36. The second kappa shape index (κ2) is 8.67. The van der Waals surface area contributed by atoms with Crippen LogP contribution in [0.25, 0.3) is 0 Å². The molecular weight excluding hydrogens is 360 g/mol. The Kier molecular flexibility index (Phi) is 6.78. The highest BCUT2D eigenvalue weighted by Gasteiger charge is 2.15. The molecule has 5 nitrogen and oxygen atoms in total. The zero-order valence-corrected chi connectivity index (χ0v) is 17.4. The number of carbonyl (C=O) groups excluding carboxylic acids is 1. The number of anilines is 1. The Labute approximate surface area is 162 Å². The monoisotopic (exact) mass is 388 g/mol. The van der Waals surface area contributed by atoms with Gasteiger partial charge >= 0.3 is 0 Å². The van der Waals surface area contributed by atoms with Crippen LogP contribution in [0.1, 0.15) is 47.3 Å². The molecule has 0 unspecified atom stereocenters. The van der Waals surface area contributed by atoms with Gasteiger partial charge in [-0.3, -0.25) is 4.79 Å². The molecule has 0 bridgehead atoms. The van der Waals surface area contributed by atoms with Crippen molar-refractivity contribution in [1.82, 2.24) is 4.72 Å². The van der Waals surface area contributed by atoms with Crippen LogP contribution >= 0.6 is 0 Å². The average molecular weight is 389 g/mol. The molecule has 2 aromatic rings. The number of nitrogens with one attached hydrogen (secondary N) is 2. The molecule has 0 spiro atoms. The molecule has 0 fully saturated rings. The first-order valence-electron chi connectivity index (χ1n) is 9.09. The number of carbonyl (C=O) groups is 1. The topological polar surface area (TPSA) is 75.3 Å². The van der Waals surface area contributed by atoms with Gasteiger partial charge in [-0.05, 0) is 68.5 Å². The van der Waals surface area contributed by atoms with Crippen molar-refractivity contribution in [2.45, 2.75) is 45.9 Å². The highest BCUT2D eigenvalue weighted by molar-refractivity contribution is 7.89. The molecule has 0 aromatic heterocycles. The van der Waals surface area contributed by atoms with Crippen LogP contribution in [-0.2, 0) is 10.0 Å². The van der Waals surface area contributed by atoms with Crippen LogP contribution in [-0.4, -0.2) is 20.9 Å². The van der Waals surface area contributed by atoms with Gasteiger partial charge in [-0.25, -0.2) is 13.1 Å². The number of benzene rings is 2. The maximum atomic E-state index is 12.5. The lowest BCUT2D eigenvalue weighted by Crippen LogP contribution is -2.25. The molecular formula is C21H28N2O3S. The summed E-state index contributed by atoms with van der Waals surface area (Å²) in [6.45, 7) is 10.4. The highest BCUT2D eigenvalue weighted by atomic mass is 32.2. The van der Waals surface area contributed by atoms with Crippen LogP contribution in [0.3, 0.4) is 0 Å². The molecule has 27 heavy (non-hydrogen) atoms. The van der Waals surface area contributed by atoms with E-state index in [0.717, 1.165) is 28.8 Å². The number of hydrogen-bond donors (Lipinski definition) is 2. The van der Waals surface area contributed by atoms with Crippen molar-refractivity contribution in [3.63, 3.8) is 0 Å². The fourth-order valence-electron chi connectivity index (χ4n) is 2.91. The van der Waals surface area contributed by atoms with Gasteiger partial charge in [-0.15, -0.1) is 0 Å². The minimum Gasteiger partial charge on any atom is -0.322 e. The normalized spacial score (nSPS) is 11.6. The van der Waals surface area contributed by atoms with E-state index in [1.807, 2.05) is 46.8 Å². The number of hydrogen-bond acceptors (Lipinski definition) is 3. The average Bonchev–Trinajstić information content (AvgIpc) is 2.57. The van der Waals surface area contributed by atoms with Gasteiger partial charge in [0.05, 0.1) is 4.90 Å². The number of rotatable bonds is 7. The van der Waals surface area contributed by atoms with Crippen LogP contribution in [0.2, 0.25) is 0 Å². The molecule has 2 N–H and O–H groups in total. The molecule has 0 saturated heterocycles. The Morgan fingerprint density at radius 1 is 1.00 bits per heavy atom. The molecule has 0 aliphatic rings. The summed E-state index contributed by atoms with van der Waals surface area (Å²) in [5, 5.41) is 2.92. The summed E-state index contributed by atoms with van der Waals surface area (Å²) < 4.78 is 27.2. The molecule has 146 valence electrons. The fourth-order valence-corrected chi connectivity index (χ4v) is 3.96. The first-order chi connectivity index (χ1) is 12.6. The van der Waals surface area contributed by atoms with E-state index in [9.17, 15) is 13.2 Å². The SMILES string of the molecule is Cc1cc(C)c(NC(=O)c2ccc(S(=O)(=O)NCCC(C)C)cc2)c(C)c1. The molecule has 2 aromatic carbocycles. The van der Waals surface area contributed by atoms with Crippen molar-refractivity contribution in [2.75, 3.05) is 11.9 Å². The van der Waals surface area contributed by atoms with Crippen LogP contribution in [0.4, 0.5) is 5.69 Å². The Morgan fingerprint density at radius 2 is 1.56 bits per heavy atom. The van der Waals surface area contributed by atoms with Gasteiger partial charge in [0.15, 0.2) is 0 Å². The minimum absolute atomic E-state index is 0.158. The van der Waals surface area contributed by atoms with Crippen LogP contribution in [0.5, 0.6) is 0 Å². The van der Waals surface area contributed by atoms with E-state index in [4.69, 9.17) is 0 Å². The van der Waals surface area contributed by atoms with Gasteiger partial charge in [-0.2, -0.15) is 0 Å². The quantitative estimate of drug-likeness (QED) is 0.747. The van der Waals surface area contributed by atoms with E-state index in [2.05, 4.69) is 10.0 Å². The molecule has 0 aliphatic carbocycles. The van der Waals surface area contributed by atoms with Crippen LogP contribution in [0, 0.1) is 26.7 Å². The van der Waals surface area contributed by atoms with E-state index in [1.54, 1.807) is 0 Å². The number of aryl methyl sites for hydroxylation is 3. The molecule has 0 saturated carbocycles. The molecule has 6 heteroatoms. The molecule has 0 atom stereocenters. The van der Waals surface area contributed by atoms with Gasteiger partial charge in [0.2, 0.25) is 10.0 Å². The van der Waals surface area contributed by atoms with Gasteiger partial charge in [0.1, 0.15) is 0 Å². The maximum absolute atomic E-state index is 12.5. The zero-order valence-electron chi connectivity index (χ0n) is 16.6. The zero-order chi connectivity index (χ0) is 20.2. The van der Waals surface area contributed by atoms with Gasteiger partial charge in [0, 0.05) is 17.8 Å². The highest BCUT2D eigenvalue weighted by Crippen LogP contribution is 2.23. The summed E-state index contributed by atoms with van der Waals surface area (Å²) in [5.41, 5.74) is 4.33. The lowest BCUT2D eigenvalue weighted by molar-refractivity contribution is 0.102. The van der Waals surface area contributed by atoms with Crippen molar-refractivity contribution in [3.8, 4) is 0 Å². The standard InChI is InChI=1S/C21H28N2O3S/c1-14(2)10-11-22-27(25,26)19-8-6-18(7-9-19)21(24)23-20-16(4)12-15(3)13-17(20)5/h6-9,12-14,22H,10-11H2,1-5H3,(H,23,24). The summed E-state index contributed by atoms with van der Waals surface area (Å²) in [5.74, 6) is 0.161. The summed E-state index contributed by atoms with van der Waals surface area (Å²) in [4.78, 5) is 12.7. The summed E-state index contributed by atoms with van der Waals surface area (Å²) in [6.07, 6.45) is 0.773. The lowest BCUT2D eigenvalue weighted by atomic mass is 10.0. The van der Waals surface area contributed by atoms with Crippen molar-refractivity contribution < 1.29 is 13.2 Å².